The van der Waals surface area contributed by atoms with Gasteiger partial charge in [0.1, 0.15) is 30.3 Å². The van der Waals surface area contributed by atoms with E-state index in [2.05, 4.69) is 15.0 Å². The summed E-state index contributed by atoms with van der Waals surface area (Å²) in [5.74, 6) is 0. The minimum Gasteiger partial charge on any atom is -0.394 e. The van der Waals surface area contributed by atoms with Crippen LogP contribution in [-0.4, -0.2) is 59.8 Å². The molecular formula is C15H16N4O4. The van der Waals surface area contributed by atoms with Crippen molar-refractivity contribution >= 4 is 11.0 Å². The van der Waals surface area contributed by atoms with E-state index in [-0.39, 0.29) is 6.61 Å². The van der Waals surface area contributed by atoms with Crippen LogP contribution >= 0.6 is 0 Å². The third-order valence-corrected chi connectivity index (χ3v) is 4.15. The Kier molecular flexibility index (Phi) is 3.38. The van der Waals surface area contributed by atoms with Gasteiger partial charge in [-0.05, 0) is 18.2 Å². The van der Waals surface area contributed by atoms with Gasteiger partial charge in [0.15, 0.2) is 6.23 Å². The van der Waals surface area contributed by atoms with Crippen LogP contribution in [0.1, 0.15) is 6.23 Å². The lowest BCUT2D eigenvalue weighted by atomic mass is 10.1. The zero-order valence-electron chi connectivity index (χ0n) is 12.1. The second-order valence-corrected chi connectivity index (χ2v) is 5.50. The zero-order chi connectivity index (χ0) is 16.0. The molecule has 3 aromatic rings. The van der Waals surface area contributed by atoms with Crippen LogP contribution in [0.15, 0.2) is 36.9 Å². The zero-order valence-corrected chi connectivity index (χ0v) is 12.1. The number of hydrogen-bond acceptors (Lipinski definition) is 6. The molecule has 0 aliphatic carbocycles. The van der Waals surface area contributed by atoms with Crippen LogP contribution in [0.2, 0.25) is 0 Å². The Morgan fingerprint density at radius 3 is 2.78 bits per heavy atom. The number of aliphatic hydroxyl groups excluding tert-OH is 3. The highest BCUT2D eigenvalue weighted by Gasteiger charge is 2.43. The Morgan fingerprint density at radius 2 is 2.09 bits per heavy atom. The molecule has 0 aromatic carbocycles. The number of aliphatic hydroxyl groups is 3. The predicted molar refractivity (Wildman–Crippen MR) is 80.3 cm³/mol. The summed E-state index contributed by atoms with van der Waals surface area (Å²) < 4.78 is 7.21. The first-order valence-corrected chi connectivity index (χ1v) is 7.28. The SMILES string of the molecule is OCC1O[C@@H](n2ccc3c(-c4ccc[nH]4)ncnc32)[C@@H](O)[C@H]1O. The molecule has 4 rings (SSSR count). The summed E-state index contributed by atoms with van der Waals surface area (Å²) in [5, 5.41) is 30.1. The molecule has 0 spiro atoms. The van der Waals surface area contributed by atoms with E-state index in [4.69, 9.17) is 4.74 Å². The smallest absolute Gasteiger partial charge is 0.164 e. The topological polar surface area (TPSA) is 116 Å². The highest BCUT2D eigenvalue weighted by Crippen LogP contribution is 2.33. The molecule has 1 unspecified atom stereocenters. The van der Waals surface area contributed by atoms with Crippen LogP contribution in [0.25, 0.3) is 22.4 Å². The van der Waals surface area contributed by atoms with Crippen molar-refractivity contribution in [1.82, 2.24) is 19.5 Å². The molecule has 8 nitrogen and oxygen atoms in total. The van der Waals surface area contributed by atoms with Crippen molar-refractivity contribution in [2.24, 2.45) is 0 Å². The quantitative estimate of drug-likeness (QED) is 0.542. The van der Waals surface area contributed by atoms with Gasteiger partial charge in [-0.3, -0.25) is 0 Å². The fourth-order valence-corrected chi connectivity index (χ4v) is 2.98. The number of aromatic nitrogens is 4. The fourth-order valence-electron chi connectivity index (χ4n) is 2.98. The lowest BCUT2D eigenvalue weighted by Crippen LogP contribution is -2.33. The van der Waals surface area contributed by atoms with Crippen molar-refractivity contribution in [3.8, 4) is 11.4 Å². The van der Waals surface area contributed by atoms with Crippen molar-refractivity contribution in [2.75, 3.05) is 6.61 Å². The minimum atomic E-state index is -1.15. The van der Waals surface area contributed by atoms with Crippen molar-refractivity contribution in [1.29, 1.82) is 0 Å². The van der Waals surface area contributed by atoms with E-state index in [1.54, 1.807) is 10.8 Å². The van der Waals surface area contributed by atoms with Gasteiger partial charge in [-0.2, -0.15) is 0 Å². The van der Waals surface area contributed by atoms with Crippen LogP contribution in [0.3, 0.4) is 0 Å². The van der Waals surface area contributed by atoms with Crippen molar-refractivity contribution < 1.29 is 20.1 Å². The Hall–Kier alpha value is -2.26. The molecule has 0 amide bonds. The maximum absolute atomic E-state index is 10.2. The van der Waals surface area contributed by atoms with E-state index in [0.717, 1.165) is 16.8 Å². The third-order valence-electron chi connectivity index (χ3n) is 4.15. The Morgan fingerprint density at radius 1 is 1.22 bits per heavy atom. The van der Waals surface area contributed by atoms with Gasteiger partial charge < -0.3 is 29.6 Å². The number of nitrogens with one attached hydrogen (secondary N) is 1. The molecule has 4 atom stereocenters. The summed E-state index contributed by atoms with van der Waals surface area (Å²) >= 11 is 0. The van der Waals surface area contributed by atoms with E-state index in [0.29, 0.717) is 5.65 Å². The summed E-state index contributed by atoms with van der Waals surface area (Å²) in [4.78, 5) is 11.7. The third kappa shape index (κ3) is 2.15. The first-order chi connectivity index (χ1) is 11.2. The van der Waals surface area contributed by atoms with Gasteiger partial charge in [0.2, 0.25) is 0 Å². The molecule has 0 radical (unpaired) electrons. The van der Waals surface area contributed by atoms with E-state index in [9.17, 15) is 15.3 Å². The number of nitrogens with zero attached hydrogens (tertiary/aromatic N) is 3. The van der Waals surface area contributed by atoms with E-state index in [1.807, 2.05) is 24.4 Å². The molecule has 1 fully saturated rings. The average Bonchev–Trinajstić information content (AvgIpc) is 3.28. The summed E-state index contributed by atoms with van der Waals surface area (Å²) in [6.45, 7) is -0.364. The number of hydrogen-bond donors (Lipinski definition) is 4. The molecule has 0 bridgehead atoms. The predicted octanol–water partition coefficient (Wildman–Crippen LogP) is 0.0379. The monoisotopic (exact) mass is 316 g/mol. The molecule has 4 N–H and O–H groups in total. The highest BCUT2D eigenvalue weighted by molar-refractivity contribution is 5.89. The second kappa shape index (κ2) is 5.43. The first-order valence-electron chi connectivity index (χ1n) is 7.28. The number of fused-ring (bicyclic) bond motifs is 1. The maximum Gasteiger partial charge on any atom is 0.164 e. The van der Waals surface area contributed by atoms with Crippen molar-refractivity contribution in [3.63, 3.8) is 0 Å². The largest absolute Gasteiger partial charge is 0.394 e. The van der Waals surface area contributed by atoms with Gasteiger partial charge in [-0.25, -0.2) is 9.97 Å². The van der Waals surface area contributed by atoms with Crippen LogP contribution in [0.4, 0.5) is 0 Å². The highest BCUT2D eigenvalue weighted by atomic mass is 16.6. The first kappa shape index (κ1) is 14.3. The molecule has 0 saturated carbocycles. The van der Waals surface area contributed by atoms with Crippen molar-refractivity contribution in [3.05, 3.63) is 36.9 Å². The molecule has 23 heavy (non-hydrogen) atoms. The minimum absolute atomic E-state index is 0.364. The van der Waals surface area contributed by atoms with Crippen LogP contribution < -0.4 is 0 Å². The molecule has 3 aromatic heterocycles. The molecule has 120 valence electrons. The second-order valence-electron chi connectivity index (χ2n) is 5.50. The fraction of sp³-hybridized carbons (Fsp3) is 0.333. The summed E-state index contributed by atoms with van der Waals surface area (Å²) in [7, 11) is 0. The van der Waals surface area contributed by atoms with Gasteiger partial charge in [-0.15, -0.1) is 0 Å². The number of aromatic amines is 1. The van der Waals surface area contributed by atoms with E-state index >= 15 is 0 Å². The number of H-pyrrole nitrogens is 1. The molecule has 1 saturated heterocycles. The summed E-state index contributed by atoms with van der Waals surface area (Å²) in [6, 6.07) is 5.62. The van der Waals surface area contributed by atoms with Crippen molar-refractivity contribution in [2.45, 2.75) is 24.5 Å². The maximum atomic E-state index is 10.2. The van der Waals surface area contributed by atoms with Gasteiger partial charge in [0.05, 0.1) is 18.0 Å². The standard InChI is InChI=1S/C15H16N4O4/c20-6-10-12(21)13(22)15(23-10)19-5-3-8-11(9-2-1-4-16-9)17-7-18-14(8)19/h1-5,7,10,12-13,15-16,20-22H,6H2/t10?,12-,13-,15+/m0/s1. The van der Waals surface area contributed by atoms with E-state index < -0.39 is 24.5 Å². The lowest BCUT2D eigenvalue weighted by Gasteiger charge is -2.17. The summed E-state index contributed by atoms with van der Waals surface area (Å²) in [6.07, 6.45) is 1.05. The summed E-state index contributed by atoms with van der Waals surface area (Å²) in [5.41, 5.74) is 2.18. The van der Waals surface area contributed by atoms with Gasteiger partial charge in [0.25, 0.3) is 0 Å². The average molecular weight is 316 g/mol. The Balaban J connectivity index is 1.80. The Labute approximate surface area is 131 Å². The molecular weight excluding hydrogens is 300 g/mol. The normalized spacial score (nSPS) is 27.8. The number of ether oxygens (including phenoxy) is 1. The van der Waals surface area contributed by atoms with Crippen LogP contribution in [-0.2, 0) is 4.74 Å². The lowest BCUT2D eigenvalue weighted by molar-refractivity contribution is -0.0508. The molecule has 8 heteroatoms. The van der Waals surface area contributed by atoms with E-state index in [1.165, 1.54) is 6.33 Å². The number of rotatable bonds is 3. The van der Waals surface area contributed by atoms with Gasteiger partial charge in [-0.1, -0.05) is 0 Å². The van der Waals surface area contributed by atoms with Crippen LogP contribution in [0, 0.1) is 0 Å². The van der Waals surface area contributed by atoms with Gasteiger partial charge >= 0.3 is 0 Å². The molecule has 1 aliphatic heterocycles. The Bertz CT molecular complexity index is 816. The van der Waals surface area contributed by atoms with Gasteiger partial charge in [0, 0.05) is 17.8 Å². The molecule has 4 heterocycles. The molecule has 1 aliphatic rings. The van der Waals surface area contributed by atoms with Crippen LogP contribution in [0.5, 0.6) is 0 Å².